The molecule has 1 aromatic heterocycles. The molecule has 108 valence electrons. The molecule has 2 aliphatic rings. The first kappa shape index (κ1) is 13.1. The predicted molar refractivity (Wildman–Crippen MR) is 72.9 cm³/mol. The molecular weight excluding hydrogens is 260 g/mol. The van der Waals surface area contributed by atoms with Crippen molar-refractivity contribution in [2.24, 2.45) is 5.92 Å². The molecule has 1 N–H and O–H groups in total. The van der Waals surface area contributed by atoms with E-state index < -0.39 is 6.23 Å². The number of rotatable bonds is 2. The van der Waals surface area contributed by atoms with Crippen molar-refractivity contribution in [1.82, 2.24) is 4.57 Å². The van der Waals surface area contributed by atoms with Gasteiger partial charge in [-0.25, -0.2) is 0 Å². The number of aromatic hydroxyl groups is 1. The van der Waals surface area contributed by atoms with E-state index in [9.17, 15) is 10.3 Å². The minimum atomic E-state index is -0.407. The molecule has 1 aliphatic carbocycles. The van der Waals surface area contributed by atoms with Crippen molar-refractivity contribution in [2.75, 3.05) is 14.2 Å². The van der Waals surface area contributed by atoms with Gasteiger partial charge in [0.25, 0.3) is 0 Å². The minimum Gasteiger partial charge on any atom is -0.618 e. The largest absolute Gasteiger partial charge is 0.618 e. The number of aromatic nitrogens is 1. The van der Waals surface area contributed by atoms with Crippen LogP contribution in [0.2, 0.25) is 0 Å². The Bertz CT molecular complexity index is 588. The fraction of sp³-hybridized carbons (Fsp3) is 0.500. The lowest BCUT2D eigenvalue weighted by atomic mass is 9.90. The molecule has 0 spiro atoms. The van der Waals surface area contributed by atoms with Gasteiger partial charge in [-0.3, -0.25) is 4.57 Å². The summed E-state index contributed by atoms with van der Waals surface area (Å²) in [5, 5.41) is 22.6. The maximum Gasteiger partial charge on any atom is 0.237 e. The molecule has 1 aliphatic heterocycles. The molecule has 0 fully saturated rings. The van der Waals surface area contributed by atoms with Gasteiger partial charge in [0.15, 0.2) is 11.4 Å². The van der Waals surface area contributed by atoms with E-state index in [-0.39, 0.29) is 11.8 Å². The van der Waals surface area contributed by atoms with Gasteiger partial charge in [0.2, 0.25) is 12.1 Å². The molecule has 2 heterocycles. The van der Waals surface area contributed by atoms with Crippen molar-refractivity contribution in [3.8, 4) is 11.6 Å². The molecule has 0 radical (unpaired) electrons. The van der Waals surface area contributed by atoms with Crippen LogP contribution in [-0.2, 0) is 4.74 Å². The van der Waals surface area contributed by atoms with Crippen molar-refractivity contribution in [3.63, 3.8) is 0 Å². The number of ether oxygens (including phenoxy) is 2. The van der Waals surface area contributed by atoms with Crippen molar-refractivity contribution < 1.29 is 19.3 Å². The van der Waals surface area contributed by atoms with Gasteiger partial charge in [-0.1, -0.05) is 0 Å². The van der Waals surface area contributed by atoms with Crippen LogP contribution in [0.4, 0.5) is 0 Å². The van der Waals surface area contributed by atoms with E-state index >= 15 is 0 Å². The Morgan fingerprint density at radius 1 is 1.45 bits per heavy atom. The highest BCUT2D eigenvalue weighted by Gasteiger charge is 2.39. The van der Waals surface area contributed by atoms with Gasteiger partial charge in [-0.2, -0.15) is 4.74 Å². The highest BCUT2D eigenvalue weighted by molar-refractivity contribution is 5.77. The molecule has 0 bridgehead atoms. The van der Waals surface area contributed by atoms with E-state index in [1.807, 2.05) is 6.08 Å². The maximum absolute atomic E-state index is 12.3. The van der Waals surface area contributed by atoms with Gasteiger partial charge >= 0.3 is 0 Å². The Kier molecular flexibility index (Phi) is 3.17. The van der Waals surface area contributed by atoms with Gasteiger partial charge in [0, 0.05) is 13.2 Å². The van der Waals surface area contributed by atoms with E-state index in [1.165, 1.54) is 13.3 Å². The smallest absolute Gasteiger partial charge is 0.237 e. The van der Waals surface area contributed by atoms with Crippen LogP contribution in [-0.4, -0.2) is 34.8 Å². The monoisotopic (exact) mass is 278 g/mol. The summed E-state index contributed by atoms with van der Waals surface area (Å²) in [6.07, 6.45) is 5.79. The molecule has 2 atom stereocenters. The summed E-state index contributed by atoms with van der Waals surface area (Å²) in [6, 6.07) is 1.64. The second kappa shape index (κ2) is 4.86. The topological polar surface area (TPSA) is 69.7 Å². The third-order valence-electron chi connectivity index (χ3n) is 4.02. The first-order valence-corrected chi connectivity index (χ1v) is 6.69. The second-order valence-corrected chi connectivity index (χ2v) is 5.08. The fourth-order valence-electron chi connectivity index (χ4n) is 3.10. The zero-order valence-corrected chi connectivity index (χ0v) is 11.6. The number of hydrogen-bond donors (Lipinski definition) is 1. The van der Waals surface area contributed by atoms with Crippen LogP contribution in [0, 0.1) is 11.1 Å². The van der Waals surface area contributed by atoms with Crippen molar-refractivity contribution in [1.29, 1.82) is 0 Å². The van der Waals surface area contributed by atoms with Crippen molar-refractivity contribution in [2.45, 2.75) is 25.5 Å². The molecule has 20 heavy (non-hydrogen) atoms. The fourth-order valence-corrected chi connectivity index (χ4v) is 3.10. The van der Waals surface area contributed by atoms with Gasteiger partial charge in [-0.15, -0.1) is 0 Å². The Morgan fingerprint density at radius 3 is 2.95 bits per heavy atom. The van der Waals surface area contributed by atoms with E-state index in [0.29, 0.717) is 17.1 Å². The lowest BCUT2D eigenvalue weighted by Crippen LogP contribution is -2.25. The summed E-state index contributed by atoms with van der Waals surface area (Å²) in [5.74, 6) is 0.271. The standard InChI is InChI=1S/C14H18N2O4/c1-19-12-7-9-8-15(18)11-6-4-3-5-10(11)14(20-2)16(9)13(12)17/h6-8,10,14,17H,3-5H2,1-2H3. The predicted octanol–water partition coefficient (Wildman–Crippen LogP) is 1.97. The first-order chi connectivity index (χ1) is 9.67. The number of allylic oxidation sites excluding steroid dienone is 1. The molecule has 6 nitrogen and oxygen atoms in total. The second-order valence-electron chi connectivity index (χ2n) is 5.08. The molecule has 0 saturated heterocycles. The Balaban J connectivity index is 2.20. The molecule has 1 aromatic rings. The number of hydroxylamine groups is 1. The average Bonchev–Trinajstić information content (AvgIpc) is 2.71. The van der Waals surface area contributed by atoms with Crippen LogP contribution in [0.1, 0.15) is 31.2 Å². The highest BCUT2D eigenvalue weighted by Crippen LogP contribution is 2.42. The Labute approximate surface area is 117 Å². The van der Waals surface area contributed by atoms with Crippen molar-refractivity contribution >= 4 is 6.21 Å². The van der Waals surface area contributed by atoms with Crippen LogP contribution in [0.25, 0.3) is 0 Å². The molecule has 2 unspecified atom stereocenters. The van der Waals surface area contributed by atoms with E-state index in [2.05, 4.69) is 0 Å². The molecule has 3 rings (SSSR count). The molecule has 0 saturated carbocycles. The summed E-state index contributed by atoms with van der Waals surface area (Å²) in [6.45, 7) is 0. The Morgan fingerprint density at radius 2 is 2.25 bits per heavy atom. The van der Waals surface area contributed by atoms with Crippen molar-refractivity contribution in [3.05, 3.63) is 28.7 Å². The lowest BCUT2D eigenvalue weighted by Gasteiger charge is -2.28. The van der Waals surface area contributed by atoms with Crippen LogP contribution < -0.4 is 4.74 Å². The first-order valence-electron chi connectivity index (χ1n) is 6.69. The van der Waals surface area contributed by atoms with E-state index in [0.717, 1.165) is 24.0 Å². The lowest BCUT2D eigenvalue weighted by molar-refractivity contribution is -0.409. The van der Waals surface area contributed by atoms with Gasteiger partial charge in [0.05, 0.1) is 13.0 Å². The third kappa shape index (κ3) is 1.79. The summed E-state index contributed by atoms with van der Waals surface area (Å²) in [5.41, 5.74) is 1.29. The number of methoxy groups -OCH3 is 2. The summed E-state index contributed by atoms with van der Waals surface area (Å²) in [7, 11) is 3.07. The summed E-state index contributed by atoms with van der Waals surface area (Å²) < 4.78 is 13.2. The highest BCUT2D eigenvalue weighted by atomic mass is 16.5. The maximum atomic E-state index is 12.3. The van der Waals surface area contributed by atoms with Crippen LogP contribution >= 0.6 is 0 Å². The van der Waals surface area contributed by atoms with Crippen LogP contribution in [0.3, 0.4) is 0 Å². The normalized spacial score (nSPS) is 25.1. The van der Waals surface area contributed by atoms with Gasteiger partial charge in [0.1, 0.15) is 11.9 Å². The SMILES string of the molecule is COc1cc2n(c1O)C(OC)C1CCCC=C1[N+]([O-])=C2. The quantitative estimate of drug-likeness (QED) is 0.663. The number of fused-ring (bicyclic) bond motifs is 2. The summed E-state index contributed by atoms with van der Waals surface area (Å²) >= 11 is 0. The zero-order valence-electron chi connectivity index (χ0n) is 11.6. The van der Waals surface area contributed by atoms with Crippen LogP contribution in [0.15, 0.2) is 17.8 Å². The molecule has 0 aromatic carbocycles. The third-order valence-corrected chi connectivity index (χ3v) is 4.02. The molecular formula is C14H18N2O4. The Hall–Kier alpha value is -1.95. The molecule has 6 heteroatoms. The van der Waals surface area contributed by atoms with Crippen LogP contribution in [0.5, 0.6) is 11.6 Å². The number of nitrogens with zero attached hydrogens (tertiary/aromatic N) is 2. The van der Waals surface area contributed by atoms with E-state index in [1.54, 1.807) is 17.7 Å². The van der Waals surface area contributed by atoms with E-state index in [4.69, 9.17) is 9.47 Å². The molecule has 0 amide bonds. The summed E-state index contributed by atoms with van der Waals surface area (Å²) in [4.78, 5) is 0. The number of hydrogen-bond acceptors (Lipinski definition) is 4. The average molecular weight is 278 g/mol. The van der Waals surface area contributed by atoms with Gasteiger partial charge in [-0.05, 0) is 25.3 Å². The van der Waals surface area contributed by atoms with Gasteiger partial charge < -0.3 is 19.8 Å². The zero-order chi connectivity index (χ0) is 14.3. The minimum absolute atomic E-state index is 0.00850.